The van der Waals surface area contributed by atoms with Crippen molar-refractivity contribution in [3.05, 3.63) is 0 Å². The molecule has 2 aliphatic rings. The third-order valence-corrected chi connectivity index (χ3v) is 3.98. The van der Waals surface area contributed by atoms with Crippen molar-refractivity contribution in [2.24, 2.45) is 17.1 Å². The van der Waals surface area contributed by atoms with E-state index in [1.165, 1.54) is 19.3 Å². The number of aliphatic hydroxyl groups is 1. The molecule has 3 N–H and O–H groups in total. The molecule has 2 unspecified atom stereocenters. The molecule has 2 rings (SSSR count). The molecular formula is C11H21NO2. The van der Waals surface area contributed by atoms with Crippen molar-refractivity contribution in [1.29, 1.82) is 0 Å². The number of rotatable bonds is 3. The van der Waals surface area contributed by atoms with E-state index in [1.807, 2.05) is 0 Å². The van der Waals surface area contributed by atoms with Gasteiger partial charge in [-0.15, -0.1) is 0 Å². The van der Waals surface area contributed by atoms with Crippen LogP contribution >= 0.6 is 0 Å². The summed E-state index contributed by atoms with van der Waals surface area (Å²) in [5.41, 5.74) is 5.68. The molecule has 1 saturated carbocycles. The molecule has 1 aliphatic carbocycles. The summed E-state index contributed by atoms with van der Waals surface area (Å²) in [6.45, 7) is 2.05. The molecule has 0 spiro atoms. The maximum absolute atomic E-state index is 10.3. The fourth-order valence-electron chi connectivity index (χ4n) is 2.64. The van der Waals surface area contributed by atoms with Gasteiger partial charge in [0.05, 0.1) is 12.7 Å². The first kappa shape index (κ1) is 10.4. The van der Waals surface area contributed by atoms with Gasteiger partial charge in [0.1, 0.15) is 0 Å². The standard InChI is InChI=1S/C11H21NO2/c12-7-11(5-2-6-14-8-11)10(13)9-3-1-4-9/h9-10,13H,1-8,12H2. The van der Waals surface area contributed by atoms with Crippen molar-refractivity contribution < 1.29 is 9.84 Å². The highest BCUT2D eigenvalue weighted by atomic mass is 16.5. The van der Waals surface area contributed by atoms with Gasteiger partial charge in [-0.1, -0.05) is 6.42 Å². The van der Waals surface area contributed by atoms with Gasteiger partial charge in [0.25, 0.3) is 0 Å². The average Bonchev–Trinajstić information content (AvgIpc) is 2.16. The number of hydrogen-bond acceptors (Lipinski definition) is 3. The average molecular weight is 199 g/mol. The Hall–Kier alpha value is -0.120. The Morgan fingerprint density at radius 3 is 2.64 bits per heavy atom. The van der Waals surface area contributed by atoms with Gasteiger partial charge in [0, 0.05) is 18.6 Å². The predicted molar refractivity (Wildman–Crippen MR) is 54.9 cm³/mol. The molecule has 0 bridgehead atoms. The first-order chi connectivity index (χ1) is 6.78. The van der Waals surface area contributed by atoms with E-state index in [4.69, 9.17) is 10.5 Å². The molecule has 0 radical (unpaired) electrons. The van der Waals surface area contributed by atoms with E-state index >= 15 is 0 Å². The Balaban J connectivity index is 2.01. The zero-order valence-electron chi connectivity index (χ0n) is 8.74. The van der Waals surface area contributed by atoms with Crippen LogP contribution in [0.15, 0.2) is 0 Å². The van der Waals surface area contributed by atoms with Gasteiger partial charge in [-0.25, -0.2) is 0 Å². The summed E-state index contributed by atoms with van der Waals surface area (Å²) >= 11 is 0. The van der Waals surface area contributed by atoms with Crippen LogP contribution in [0.2, 0.25) is 0 Å². The SMILES string of the molecule is NCC1(C(O)C2CCC2)CCCOC1. The molecule has 2 atom stereocenters. The van der Waals surface area contributed by atoms with Gasteiger partial charge in [0.2, 0.25) is 0 Å². The lowest BCUT2D eigenvalue weighted by Crippen LogP contribution is -2.52. The molecule has 1 heterocycles. The van der Waals surface area contributed by atoms with Crippen LogP contribution in [-0.2, 0) is 4.74 Å². The third-order valence-electron chi connectivity index (χ3n) is 3.98. The van der Waals surface area contributed by atoms with E-state index in [0.717, 1.165) is 19.4 Å². The minimum atomic E-state index is -0.235. The fourth-order valence-corrected chi connectivity index (χ4v) is 2.64. The van der Waals surface area contributed by atoms with Crippen molar-refractivity contribution in [1.82, 2.24) is 0 Å². The lowest BCUT2D eigenvalue weighted by atomic mass is 9.67. The fraction of sp³-hybridized carbons (Fsp3) is 1.00. The monoisotopic (exact) mass is 199 g/mol. The van der Waals surface area contributed by atoms with Crippen molar-refractivity contribution in [2.75, 3.05) is 19.8 Å². The summed E-state index contributed by atoms with van der Waals surface area (Å²) in [5, 5.41) is 10.3. The number of ether oxygens (including phenoxy) is 1. The van der Waals surface area contributed by atoms with Crippen molar-refractivity contribution >= 4 is 0 Å². The van der Waals surface area contributed by atoms with Crippen molar-refractivity contribution in [2.45, 2.75) is 38.2 Å². The second-order valence-electron chi connectivity index (χ2n) is 4.86. The van der Waals surface area contributed by atoms with Gasteiger partial charge in [-0.2, -0.15) is 0 Å². The normalized spacial score (nSPS) is 36.4. The number of aliphatic hydroxyl groups excluding tert-OH is 1. The Labute approximate surface area is 85.6 Å². The first-order valence-corrected chi connectivity index (χ1v) is 5.74. The topological polar surface area (TPSA) is 55.5 Å². The highest BCUT2D eigenvalue weighted by molar-refractivity contribution is 4.94. The van der Waals surface area contributed by atoms with Crippen LogP contribution in [0.1, 0.15) is 32.1 Å². The molecule has 3 nitrogen and oxygen atoms in total. The van der Waals surface area contributed by atoms with Gasteiger partial charge < -0.3 is 15.6 Å². The van der Waals surface area contributed by atoms with Gasteiger partial charge >= 0.3 is 0 Å². The van der Waals surface area contributed by atoms with E-state index in [0.29, 0.717) is 19.1 Å². The lowest BCUT2D eigenvalue weighted by Gasteiger charge is -2.45. The van der Waals surface area contributed by atoms with Gasteiger partial charge in [-0.05, 0) is 31.6 Å². The summed E-state index contributed by atoms with van der Waals surface area (Å²) in [6.07, 6.45) is 5.44. The second-order valence-corrected chi connectivity index (χ2v) is 4.86. The largest absolute Gasteiger partial charge is 0.392 e. The predicted octanol–water partition coefficient (Wildman–Crippen LogP) is 0.903. The van der Waals surface area contributed by atoms with Crippen molar-refractivity contribution in [3.8, 4) is 0 Å². The van der Waals surface area contributed by atoms with Gasteiger partial charge in [0.15, 0.2) is 0 Å². The minimum Gasteiger partial charge on any atom is -0.392 e. The van der Waals surface area contributed by atoms with E-state index in [1.54, 1.807) is 0 Å². The Morgan fingerprint density at radius 1 is 1.43 bits per heavy atom. The van der Waals surface area contributed by atoms with E-state index in [2.05, 4.69) is 0 Å². The van der Waals surface area contributed by atoms with Crippen LogP contribution < -0.4 is 5.73 Å². The molecule has 14 heavy (non-hydrogen) atoms. The maximum atomic E-state index is 10.3. The summed E-state index contributed by atoms with van der Waals surface area (Å²) in [5.74, 6) is 0.486. The zero-order valence-corrected chi connectivity index (χ0v) is 8.74. The Morgan fingerprint density at radius 2 is 2.21 bits per heavy atom. The molecule has 2 fully saturated rings. The van der Waals surface area contributed by atoms with Crippen LogP contribution in [0, 0.1) is 11.3 Å². The molecule has 1 saturated heterocycles. The second kappa shape index (κ2) is 4.17. The van der Waals surface area contributed by atoms with Crippen molar-refractivity contribution in [3.63, 3.8) is 0 Å². The van der Waals surface area contributed by atoms with E-state index in [9.17, 15) is 5.11 Å². The van der Waals surface area contributed by atoms with Crippen LogP contribution in [-0.4, -0.2) is 31.0 Å². The first-order valence-electron chi connectivity index (χ1n) is 5.74. The molecule has 0 aromatic rings. The molecule has 3 heteroatoms. The number of nitrogens with two attached hydrogens (primary N) is 1. The smallest absolute Gasteiger partial charge is 0.0658 e. The Bertz CT molecular complexity index is 186. The third kappa shape index (κ3) is 1.69. The highest BCUT2D eigenvalue weighted by Gasteiger charge is 2.43. The molecule has 82 valence electrons. The summed E-state index contributed by atoms with van der Waals surface area (Å²) in [7, 11) is 0. The lowest BCUT2D eigenvalue weighted by molar-refractivity contribution is -0.110. The molecular weight excluding hydrogens is 178 g/mol. The number of hydrogen-bond donors (Lipinski definition) is 2. The van der Waals surface area contributed by atoms with Crippen LogP contribution in [0.25, 0.3) is 0 Å². The molecule has 0 aromatic heterocycles. The summed E-state index contributed by atoms with van der Waals surface area (Å²) in [4.78, 5) is 0. The van der Waals surface area contributed by atoms with Crippen LogP contribution in [0.5, 0.6) is 0 Å². The van der Waals surface area contributed by atoms with E-state index < -0.39 is 0 Å². The maximum Gasteiger partial charge on any atom is 0.0658 e. The summed E-state index contributed by atoms with van der Waals surface area (Å²) in [6, 6.07) is 0. The van der Waals surface area contributed by atoms with Crippen LogP contribution in [0.4, 0.5) is 0 Å². The molecule has 0 aromatic carbocycles. The quantitative estimate of drug-likeness (QED) is 0.710. The van der Waals surface area contributed by atoms with E-state index in [-0.39, 0.29) is 11.5 Å². The zero-order chi connectivity index (χ0) is 10.0. The minimum absolute atomic E-state index is 0.136. The molecule has 1 aliphatic heterocycles. The molecule has 0 amide bonds. The summed E-state index contributed by atoms with van der Waals surface area (Å²) < 4.78 is 5.48. The Kier molecular flexibility index (Phi) is 3.10. The highest BCUT2D eigenvalue weighted by Crippen LogP contribution is 2.41. The van der Waals surface area contributed by atoms with Crippen LogP contribution in [0.3, 0.4) is 0 Å². The van der Waals surface area contributed by atoms with Gasteiger partial charge in [-0.3, -0.25) is 0 Å².